The van der Waals surface area contributed by atoms with Crippen molar-refractivity contribution < 1.29 is 13.9 Å². The Kier molecular flexibility index (Phi) is 5.46. The third-order valence-electron chi connectivity index (χ3n) is 6.91. The number of allylic oxidation sites excluding steroid dienone is 2. The summed E-state index contributed by atoms with van der Waals surface area (Å²) in [6, 6.07) is 19.6. The molecule has 7 heteroatoms. The van der Waals surface area contributed by atoms with Crippen molar-refractivity contribution in [3.63, 3.8) is 0 Å². The molecule has 1 unspecified atom stereocenters. The van der Waals surface area contributed by atoms with Gasteiger partial charge in [0.2, 0.25) is 0 Å². The first-order chi connectivity index (χ1) is 17.1. The minimum atomic E-state index is -0.296. The molecule has 0 saturated carbocycles. The average Bonchev–Trinajstić information content (AvgIpc) is 3.38. The number of hydrogen-bond acceptors (Lipinski definition) is 6. The number of carbonyl (C=O) groups is 1. The largest absolute Gasteiger partial charge is 0.469 e. The highest BCUT2D eigenvalue weighted by atomic mass is 32.1. The van der Waals surface area contributed by atoms with Crippen LogP contribution in [0.15, 0.2) is 72.8 Å². The predicted octanol–water partition coefficient (Wildman–Crippen LogP) is 5.35. The highest BCUT2D eigenvalue weighted by Gasteiger charge is 2.39. The fourth-order valence-electron chi connectivity index (χ4n) is 4.89. The van der Waals surface area contributed by atoms with Crippen LogP contribution in [0, 0.1) is 11.7 Å². The summed E-state index contributed by atoms with van der Waals surface area (Å²) in [5, 5.41) is 0.623. The topological polar surface area (TPSA) is 55.3 Å². The lowest BCUT2D eigenvalue weighted by atomic mass is 9.89. The summed E-state index contributed by atoms with van der Waals surface area (Å²) in [5.74, 6) is -0.569. The van der Waals surface area contributed by atoms with Gasteiger partial charge in [-0.2, -0.15) is 0 Å². The zero-order valence-electron chi connectivity index (χ0n) is 19.3. The molecule has 4 aromatic rings. The number of likely N-dealkylation sites (tertiary alicyclic amines) is 1. The van der Waals surface area contributed by atoms with Gasteiger partial charge in [-0.1, -0.05) is 59.9 Å². The number of benzene rings is 2. The van der Waals surface area contributed by atoms with Gasteiger partial charge in [-0.25, -0.2) is 14.4 Å². The van der Waals surface area contributed by atoms with E-state index in [1.165, 1.54) is 24.0 Å². The average molecular weight is 486 g/mol. The third kappa shape index (κ3) is 4.05. The van der Waals surface area contributed by atoms with E-state index in [4.69, 9.17) is 9.72 Å². The Morgan fingerprint density at radius 3 is 2.71 bits per heavy atom. The van der Waals surface area contributed by atoms with Gasteiger partial charge in [-0.3, -0.25) is 9.69 Å². The third-order valence-corrected chi connectivity index (χ3v) is 7.91. The lowest BCUT2D eigenvalue weighted by molar-refractivity contribution is -0.144. The van der Waals surface area contributed by atoms with E-state index in [9.17, 15) is 4.79 Å². The van der Waals surface area contributed by atoms with Gasteiger partial charge in [0.15, 0.2) is 0 Å². The van der Waals surface area contributed by atoms with Crippen LogP contribution < -0.4 is 0 Å². The van der Waals surface area contributed by atoms with Gasteiger partial charge in [0.05, 0.1) is 24.1 Å². The van der Waals surface area contributed by atoms with Crippen LogP contribution in [0.2, 0.25) is 0 Å². The van der Waals surface area contributed by atoms with Crippen molar-refractivity contribution in [1.82, 2.24) is 14.9 Å². The van der Waals surface area contributed by atoms with Crippen LogP contribution in [0.25, 0.3) is 20.9 Å². The van der Waals surface area contributed by atoms with Crippen molar-refractivity contribution in [3.05, 3.63) is 95.5 Å². The number of pyridine rings is 1. The Morgan fingerprint density at radius 1 is 1.14 bits per heavy atom. The molecule has 2 aromatic heterocycles. The molecule has 6 rings (SSSR count). The quantitative estimate of drug-likeness (QED) is 0.272. The molecule has 2 aromatic carbocycles. The van der Waals surface area contributed by atoms with Gasteiger partial charge in [0.1, 0.15) is 21.2 Å². The predicted molar refractivity (Wildman–Crippen MR) is 135 cm³/mol. The minimum Gasteiger partial charge on any atom is -0.469 e. The van der Waals surface area contributed by atoms with Gasteiger partial charge in [0, 0.05) is 18.7 Å². The van der Waals surface area contributed by atoms with Crippen LogP contribution in [-0.4, -0.2) is 41.0 Å². The number of carbonyl (C=O) groups excluding carboxylic acids is 1. The Balaban J connectivity index is 1.22. The first kappa shape index (κ1) is 22.1. The van der Waals surface area contributed by atoms with Crippen molar-refractivity contribution in [1.29, 1.82) is 0 Å². The molecule has 1 aliphatic carbocycles. The minimum absolute atomic E-state index is 0.101. The van der Waals surface area contributed by atoms with Gasteiger partial charge in [-0.05, 0) is 48.4 Å². The van der Waals surface area contributed by atoms with Crippen molar-refractivity contribution in [3.8, 4) is 10.6 Å². The maximum absolute atomic E-state index is 15.1. The number of aromatic nitrogens is 2. The molecular formula is C28H24FN3O2S. The second-order valence-electron chi connectivity index (χ2n) is 9.17. The summed E-state index contributed by atoms with van der Waals surface area (Å²) >= 11 is 1.41. The van der Waals surface area contributed by atoms with E-state index in [-0.39, 0.29) is 23.1 Å². The molecule has 2 aliphatic rings. The molecule has 1 saturated heterocycles. The Hall–Kier alpha value is -3.42. The summed E-state index contributed by atoms with van der Waals surface area (Å²) in [7, 11) is 1.42. The summed E-state index contributed by atoms with van der Waals surface area (Å²) in [6.07, 6.45) is 5.09. The number of thiazole rings is 1. The Labute approximate surface area is 206 Å². The number of nitrogens with zero attached hydrogens (tertiary/aromatic N) is 3. The molecule has 0 amide bonds. The van der Waals surface area contributed by atoms with E-state index in [0.717, 1.165) is 34.6 Å². The smallest absolute Gasteiger partial charge is 0.310 e. The number of halogens is 1. The zero-order chi connectivity index (χ0) is 24.0. The summed E-state index contributed by atoms with van der Waals surface area (Å²) < 4.78 is 20.0. The van der Waals surface area contributed by atoms with Crippen molar-refractivity contribution in [2.24, 2.45) is 5.92 Å². The van der Waals surface area contributed by atoms with Crippen molar-refractivity contribution >= 4 is 27.7 Å². The highest BCUT2D eigenvalue weighted by Crippen LogP contribution is 2.45. The van der Waals surface area contributed by atoms with E-state index in [2.05, 4.69) is 34.2 Å². The van der Waals surface area contributed by atoms with E-state index in [1.807, 2.05) is 36.4 Å². The molecule has 176 valence electrons. The fraction of sp³-hybridized carbons (Fsp3) is 0.250. The molecule has 0 N–H and O–H groups in total. The first-order valence-corrected chi connectivity index (χ1v) is 12.5. The molecule has 1 atom stereocenters. The fourth-order valence-corrected chi connectivity index (χ4v) is 5.86. The van der Waals surface area contributed by atoms with Gasteiger partial charge in [-0.15, -0.1) is 0 Å². The van der Waals surface area contributed by atoms with Crippen LogP contribution in [0.5, 0.6) is 0 Å². The first-order valence-electron chi connectivity index (χ1n) is 11.7. The monoisotopic (exact) mass is 485 g/mol. The number of esters is 1. The second-order valence-corrected chi connectivity index (χ2v) is 10.1. The molecule has 35 heavy (non-hydrogen) atoms. The van der Waals surface area contributed by atoms with Gasteiger partial charge in [0.25, 0.3) is 0 Å². The van der Waals surface area contributed by atoms with E-state index in [1.54, 1.807) is 12.1 Å². The Morgan fingerprint density at radius 2 is 1.97 bits per heavy atom. The summed E-state index contributed by atoms with van der Waals surface area (Å²) in [4.78, 5) is 24.3. The molecular weight excluding hydrogens is 461 g/mol. The Bertz CT molecular complexity index is 1440. The SMILES string of the molecule is COC(=O)C1CCN(Cc2ccc(-c3nc4ccc(C5(c6ccccc6)C=C5)nc4s3)c(F)c2)C1. The number of fused-ring (bicyclic) bond motifs is 1. The van der Waals surface area contributed by atoms with Crippen LogP contribution in [0.1, 0.15) is 23.2 Å². The zero-order valence-corrected chi connectivity index (χ0v) is 20.1. The molecule has 3 heterocycles. The van der Waals surface area contributed by atoms with Crippen LogP contribution in [0.3, 0.4) is 0 Å². The van der Waals surface area contributed by atoms with E-state index < -0.39 is 0 Å². The lowest BCUT2D eigenvalue weighted by Gasteiger charge is -2.16. The van der Waals surface area contributed by atoms with E-state index >= 15 is 4.39 Å². The molecule has 1 aliphatic heterocycles. The van der Waals surface area contributed by atoms with E-state index in [0.29, 0.717) is 23.7 Å². The molecule has 1 fully saturated rings. The van der Waals surface area contributed by atoms with Crippen molar-refractivity contribution in [2.75, 3.05) is 20.2 Å². The molecule has 0 bridgehead atoms. The molecule has 0 spiro atoms. The maximum Gasteiger partial charge on any atom is 0.310 e. The summed E-state index contributed by atoms with van der Waals surface area (Å²) in [6.45, 7) is 2.04. The van der Waals surface area contributed by atoms with Crippen molar-refractivity contribution in [2.45, 2.75) is 18.4 Å². The number of methoxy groups -OCH3 is 1. The second kappa shape index (κ2) is 8.66. The standard InChI is InChI=1S/C28H24FN3O2S/c1-34-27(33)19-11-14-32(17-19)16-18-7-8-21(22(29)15-18)25-30-23-9-10-24(31-26(23)35-25)28(12-13-28)20-5-3-2-4-6-20/h2-10,12-13,15,19H,11,14,16-17H2,1H3. The van der Waals surface area contributed by atoms with Gasteiger partial charge < -0.3 is 4.74 Å². The van der Waals surface area contributed by atoms with Crippen LogP contribution in [-0.2, 0) is 21.5 Å². The highest BCUT2D eigenvalue weighted by molar-refractivity contribution is 7.21. The number of ether oxygens (including phenoxy) is 1. The molecule has 0 radical (unpaired) electrons. The number of rotatable bonds is 6. The van der Waals surface area contributed by atoms with Crippen LogP contribution >= 0.6 is 11.3 Å². The van der Waals surface area contributed by atoms with Gasteiger partial charge >= 0.3 is 5.97 Å². The summed E-state index contributed by atoms with van der Waals surface area (Å²) in [5.41, 5.74) is 4.02. The van der Waals surface area contributed by atoms with Crippen LogP contribution in [0.4, 0.5) is 4.39 Å². The number of hydrogen-bond donors (Lipinski definition) is 0. The maximum atomic E-state index is 15.1. The normalized spacial score (nSPS) is 18.7. The lowest BCUT2D eigenvalue weighted by Crippen LogP contribution is -2.23. The molecule has 5 nitrogen and oxygen atoms in total.